The fraction of sp³-hybridized carbons (Fsp3) is 0.292. The highest BCUT2D eigenvalue weighted by Crippen LogP contribution is 2.41. The molecule has 0 unspecified atom stereocenters. The van der Waals surface area contributed by atoms with Gasteiger partial charge >= 0.3 is 5.97 Å². The third kappa shape index (κ3) is 4.29. The van der Waals surface area contributed by atoms with Crippen LogP contribution in [-0.2, 0) is 9.53 Å². The quantitative estimate of drug-likeness (QED) is 0.378. The van der Waals surface area contributed by atoms with Gasteiger partial charge in [-0.25, -0.2) is 0 Å². The Morgan fingerprint density at radius 1 is 1.22 bits per heavy atom. The van der Waals surface area contributed by atoms with E-state index in [4.69, 9.17) is 17.0 Å². The largest absolute Gasteiger partial charge is 0.469 e. The maximum absolute atomic E-state index is 11.9. The van der Waals surface area contributed by atoms with Crippen LogP contribution in [0.15, 0.2) is 59.2 Å². The molecule has 1 N–H and O–H groups in total. The van der Waals surface area contributed by atoms with E-state index in [1.807, 2.05) is 30.3 Å². The van der Waals surface area contributed by atoms with Gasteiger partial charge in [0, 0.05) is 34.3 Å². The van der Waals surface area contributed by atoms with E-state index in [1.54, 1.807) is 6.20 Å². The third-order valence-corrected chi connectivity index (χ3v) is 6.68. The van der Waals surface area contributed by atoms with E-state index >= 15 is 0 Å². The zero-order valence-electron chi connectivity index (χ0n) is 18.2. The lowest BCUT2D eigenvalue weighted by Crippen LogP contribution is -2.32. The number of carbonyl (C=O) groups is 1. The number of halogens is 1. The van der Waals surface area contributed by atoms with Gasteiger partial charge in [0.1, 0.15) is 0 Å². The summed E-state index contributed by atoms with van der Waals surface area (Å²) in [6.07, 6.45) is 2.05. The van der Waals surface area contributed by atoms with Crippen LogP contribution in [0.3, 0.4) is 0 Å². The molecular formula is C24H25BrN4O2S. The average molecular weight is 513 g/mol. The summed E-state index contributed by atoms with van der Waals surface area (Å²) in [6.45, 7) is 4.69. The van der Waals surface area contributed by atoms with Gasteiger partial charge in [-0.2, -0.15) is 0 Å². The maximum atomic E-state index is 11.9. The van der Waals surface area contributed by atoms with Crippen molar-refractivity contribution in [2.24, 2.45) is 0 Å². The molecule has 2 aromatic heterocycles. The molecule has 1 fully saturated rings. The number of benzene rings is 1. The van der Waals surface area contributed by atoms with Crippen molar-refractivity contribution in [2.75, 3.05) is 13.7 Å². The molecule has 1 saturated heterocycles. The van der Waals surface area contributed by atoms with Gasteiger partial charge in [0.2, 0.25) is 0 Å². The Bertz CT molecular complexity index is 1150. The van der Waals surface area contributed by atoms with E-state index in [0.717, 1.165) is 32.8 Å². The highest BCUT2D eigenvalue weighted by molar-refractivity contribution is 9.10. The number of pyridine rings is 1. The van der Waals surface area contributed by atoms with Gasteiger partial charge < -0.3 is 19.5 Å². The van der Waals surface area contributed by atoms with Crippen molar-refractivity contribution in [3.63, 3.8) is 0 Å². The first-order valence-corrected chi connectivity index (χ1v) is 11.6. The van der Waals surface area contributed by atoms with E-state index in [-0.39, 0.29) is 24.5 Å². The van der Waals surface area contributed by atoms with Crippen molar-refractivity contribution in [1.29, 1.82) is 0 Å². The number of thiocarbonyl (C=S) groups is 1. The third-order valence-electron chi connectivity index (χ3n) is 5.84. The molecule has 2 atom stereocenters. The summed E-state index contributed by atoms with van der Waals surface area (Å²) in [4.78, 5) is 18.6. The van der Waals surface area contributed by atoms with Crippen LogP contribution in [-0.4, -0.2) is 39.2 Å². The summed E-state index contributed by atoms with van der Waals surface area (Å²) in [7, 11) is 1.41. The first-order valence-electron chi connectivity index (χ1n) is 10.4. The summed E-state index contributed by atoms with van der Waals surface area (Å²) in [5.41, 5.74) is 5.40. The van der Waals surface area contributed by atoms with Gasteiger partial charge in [-0.3, -0.25) is 9.78 Å². The fourth-order valence-corrected chi connectivity index (χ4v) is 5.12. The molecule has 3 heterocycles. The van der Waals surface area contributed by atoms with Crippen LogP contribution in [0.25, 0.3) is 5.69 Å². The van der Waals surface area contributed by atoms with Crippen molar-refractivity contribution in [3.05, 3.63) is 81.8 Å². The molecule has 1 aromatic carbocycles. The number of ether oxygens (including phenoxy) is 1. The molecule has 3 aromatic rings. The summed E-state index contributed by atoms with van der Waals surface area (Å²) in [6, 6.07) is 16.1. The molecule has 0 aliphatic carbocycles. The first-order chi connectivity index (χ1) is 15.4. The number of hydrogen-bond donors (Lipinski definition) is 1. The lowest BCUT2D eigenvalue weighted by atomic mass is 9.96. The Kier molecular flexibility index (Phi) is 6.62. The second-order valence-corrected chi connectivity index (χ2v) is 9.09. The maximum Gasteiger partial charge on any atom is 0.307 e. The highest BCUT2D eigenvalue weighted by Gasteiger charge is 2.41. The molecule has 0 amide bonds. The SMILES string of the molecule is COC(=O)CCN1C(=S)N[C@@H](c2ccccn2)[C@@H]1c1cc(C)n(-c2cccc(Br)c2)c1C. The Morgan fingerprint density at radius 2 is 2.03 bits per heavy atom. The van der Waals surface area contributed by atoms with Gasteiger partial charge in [0.05, 0.1) is 31.3 Å². The predicted molar refractivity (Wildman–Crippen MR) is 132 cm³/mol. The number of aryl methyl sites for hydroxylation is 1. The molecule has 166 valence electrons. The van der Waals surface area contributed by atoms with Gasteiger partial charge in [-0.1, -0.05) is 28.1 Å². The molecular weight excluding hydrogens is 488 g/mol. The second kappa shape index (κ2) is 9.42. The Morgan fingerprint density at radius 3 is 2.72 bits per heavy atom. The van der Waals surface area contributed by atoms with E-state index in [0.29, 0.717) is 11.7 Å². The Balaban J connectivity index is 1.80. The van der Waals surface area contributed by atoms with Gasteiger partial charge in [0.25, 0.3) is 0 Å². The van der Waals surface area contributed by atoms with Crippen molar-refractivity contribution in [1.82, 2.24) is 19.8 Å². The van der Waals surface area contributed by atoms with Crippen LogP contribution in [0.5, 0.6) is 0 Å². The van der Waals surface area contributed by atoms with Gasteiger partial charge in [0.15, 0.2) is 5.11 Å². The fourth-order valence-electron chi connectivity index (χ4n) is 4.40. The lowest BCUT2D eigenvalue weighted by Gasteiger charge is -2.28. The Labute approximate surface area is 201 Å². The molecule has 0 bridgehead atoms. The number of nitrogens with zero attached hydrogens (tertiary/aromatic N) is 3. The number of methoxy groups -OCH3 is 1. The van der Waals surface area contributed by atoms with Crippen molar-refractivity contribution in [3.8, 4) is 5.69 Å². The molecule has 8 heteroatoms. The minimum absolute atomic E-state index is 0.103. The molecule has 4 rings (SSSR count). The van der Waals surface area contributed by atoms with E-state index < -0.39 is 0 Å². The number of rotatable bonds is 6. The van der Waals surface area contributed by atoms with Gasteiger partial charge in [-0.05, 0) is 68.0 Å². The highest BCUT2D eigenvalue weighted by atomic mass is 79.9. The lowest BCUT2D eigenvalue weighted by molar-refractivity contribution is -0.140. The standard InChI is InChI=1S/C24H25BrN4O2S/c1-15-13-19(16(2)29(15)18-8-6-7-17(25)14-18)23-22(20-9-4-5-11-26-20)27-24(32)28(23)12-10-21(30)31-3/h4-9,11,13-14,22-23H,10,12H2,1-3H3,(H,27,32)/t22-,23-/m0/s1. The molecule has 0 spiro atoms. The Hall–Kier alpha value is -2.71. The minimum Gasteiger partial charge on any atom is -0.469 e. The van der Waals surface area contributed by atoms with E-state index in [9.17, 15) is 4.79 Å². The summed E-state index contributed by atoms with van der Waals surface area (Å²) < 4.78 is 8.14. The normalized spacial score (nSPS) is 18.0. The second-order valence-electron chi connectivity index (χ2n) is 7.79. The molecule has 6 nitrogen and oxygen atoms in total. The molecule has 32 heavy (non-hydrogen) atoms. The minimum atomic E-state index is -0.257. The molecule has 0 radical (unpaired) electrons. The number of carbonyl (C=O) groups excluding carboxylic acids is 1. The van der Waals surface area contributed by atoms with Crippen LogP contribution in [0, 0.1) is 13.8 Å². The zero-order chi connectivity index (χ0) is 22.8. The summed E-state index contributed by atoms with van der Waals surface area (Å²) in [5.74, 6) is -0.257. The average Bonchev–Trinajstić information content (AvgIpc) is 3.27. The smallest absolute Gasteiger partial charge is 0.307 e. The first kappa shape index (κ1) is 22.5. The monoisotopic (exact) mass is 512 g/mol. The van der Waals surface area contributed by atoms with E-state index in [1.165, 1.54) is 7.11 Å². The number of hydrogen-bond acceptors (Lipinski definition) is 4. The van der Waals surface area contributed by atoms with Crippen LogP contribution < -0.4 is 5.32 Å². The van der Waals surface area contributed by atoms with Crippen molar-refractivity contribution >= 4 is 39.2 Å². The predicted octanol–water partition coefficient (Wildman–Crippen LogP) is 4.79. The van der Waals surface area contributed by atoms with E-state index in [2.05, 4.69) is 67.7 Å². The van der Waals surface area contributed by atoms with Crippen LogP contribution in [0.2, 0.25) is 0 Å². The van der Waals surface area contributed by atoms with Crippen molar-refractivity contribution < 1.29 is 9.53 Å². The van der Waals surface area contributed by atoms with Crippen LogP contribution in [0.1, 0.15) is 41.1 Å². The number of esters is 1. The zero-order valence-corrected chi connectivity index (χ0v) is 20.6. The van der Waals surface area contributed by atoms with Gasteiger partial charge in [-0.15, -0.1) is 0 Å². The van der Waals surface area contributed by atoms with Crippen molar-refractivity contribution in [2.45, 2.75) is 32.4 Å². The molecule has 1 aliphatic heterocycles. The summed E-state index contributed by atoms with van der Waals surface area (Å²) >= 11 is 9.28. The molecule has 1 aliphatic rings. The summed E-state index contributed by atoms with van der Waals surface area (Å²) in [5, 5.41) is 4.05. The van der Waals surface area contributed by atoms with Crippen LogP contribution in [0.4, 0.5) is 0 Å². The number of nitrogens with one attached hydrogen (secondary N) is 1. The van der Waals surface area contributed by atoms with Crippen LogP contribution >= 0.6 is 28.1 Å². The molecule has 0 saturated carbocycles. The number of aromatic nitrogens is 2. The topological polar surface area (TPSA) is 59.4 Å².